The number of hydrogen-bond donors (Lipinski definition) is 1. The fourth-order valence-electron chi connectivity index (χ4n) is 4.31. The van der Waals surface area contributed by atoms with Crippen LogP contribution in [0.3, 0.4) is 0 Å². The second kappa shape index (κ2) is 6.83. The maximum atomic E-state index is 12.9. The Morgan fingerprint density at radius 1 is 1.15 bits per heavy atom. The molecule has 6 heteroatoms. The van der Waals surface area contributed by atoms with Crippen molar-refractivity contribution in [2.24, 2.45) is 17.8 Å². The number of hydrogen-bond acceptors (Lipinski definition) is 3. The molecule has 2 aliphatic rings. The van der Waals surface area contributed by atoms with Crippen molar-refractivity contribution in [1.29, 1.82) is 0 Å². The van der Waals surface area contributed by atoms with Crippen LogP contribution in [0.25, 0.3) is 5.69 Å². The number of nitrogens with zero attached hydrogens (tertiary/aromatic N) is 3. The third-order valence-electron chi connectivity index (χ3n) is 6.03. The monoisotopic (exact) mass is 367 g/mol. The molecule has 27 heavy (non-hydrogen) atoms. The zero-order valence-electron chi connectivity index (χ0n) is 15.8. The minimum absolute atomic E-state index is 0.00297. The molecule has 2 fully saturated rings. The quantitative estimate of drug-likeness (QED) is 0.881. The lowest BCUT2D eigenvalue weighted by atomic mass is 9.92. The molecule has 2 aromatic rings. The van der Waals surface area contributed by atoms with Gasteiger partial charge in [0, 0.05) is 24.3 Å². The number of aromatic nitrogens is 2. The van der Waals surface area contributed by atoms with Crippen LogP contribution in [0.1, 0.15) is 29.8 Å². The SMILES string of the molecule is Cc1nn(-c2ccccc2)c(C)c1CC(=O)N1C[C@H](C(=O)O)[C@@H](C2CC2)C1. The summed E-state index contributed by atoms with van der Waals surface area (Å²) in [7, 11) is 0. The standard InChI is InChI=1S/C21H25N3O3/c1-13-17(14(2)24(22-13)16-6-4-3-5-7-16)10-20(25)23-11-18(15-8-9-15)19(12-23)21(26)27/h3-7,15,18-19H,8-12H2,1-2H3,(H,26,27)/t18-,19+/m1/s1. The second-order valence-electron chi connectivity index (χ2n) is 7.82. The van der Waals surface area contributed by atoms with Crippen LogP contribution in [-0.4, -0.2) is 44.8 Å². The summed E-state index contributed by atoms with van der Waals surface area (Å²) in [5.74, 6) is -0.598. The van der Waals surface area contributed by atoms with Crippen molar-refractivity contribution in [3.05, 3.63) is 47.3 Å². The van der Waals surface area contributed by atoms with Crippen LogP contribution in [0.4, 0.5) is 0 Å². The molecule has 1 aliphatic heterocycles. The van der Waals surface area contributed by atoms with E-state index in [0.717, 1.165) is 35.5 Å². The molecule has 2 heterocycles. The van der Waals surface area contributed by atoms with Crippen LogP contribution in [0.15, 0.2) is 30.3 Å². The molecular formula is C21H25N3O3. The summed E-state index contributed by atoms with van der Waals surface area (Å²) >= 11 is 0. The Bertz CT molecular complexity index is 870. The minimum atomic E-state index is -0.772. The molecule has 1 aromatic carbocycles. The van der Waals surface area contributed by atoms with Crippen LogP contribution in [0, 0.1) is 31.6 Å². The first-order valence-electron chi connectivity index (χ1n) is 9.56. The van der Waals surface area contributed by atoms with E-state index in [0.29, 0.717) is 19.0 Å². The molecule has 142 valence electrons. The van der Waals surface area contributed by atoms with Crippen LogP contribution in [0.5, 0.6) is 0 Å². The number of carbonyl (C=O) groups is 2. The predicted molar refractivity (Wildman–Crippen MR) is 101 cm³/mol. The largest absolute Gasteiger partial charge is 0.481 e. The van der Waals surface area contributed by atoms with Gasteiger partial charge in [-0.05, 0) is 50.7 Å². The highest BCUT2D eigenvalue weighted by atomic mass is 16.4. The number of aryl methyl sites for hydroxylation is 1. The average Bonchev–Trinajstić information content (AvgIpc) is 3.34. The van der Waals surface area contributed by atoms with E-state index in [1.54, 1.807) is 4.90 Å². The highest BCUT2D eigenvalue weighted by molar-refractivity contribution is 5.81. The number of rotatable bonds is 5. The number of likely N-dealkylation sites (tertiary alicyclic amines) is 1. The van der Waals surface area contributed by atoms with Gasteiger partial charge in [-0.1, -0.05) is 18.2 Å². The molecule has 1 saturated carbocycles. The van der Waals surface area contributed by atoms with E-state index in [-0.39, 0.29) is 18.2 Å². The third-order valence-corrected chi connectivity index (χ3v) is 6.03. The maximum absolute atomic E-state index is 12.9. The summed E-state index contributed by atoms with van der Waals surface area (Å²) in [5, 5.41) is 14.1. The van der Waals surface area contributed by atoms with E-state index < -0.39 is 11.9 Å². The summed E-state index contributed by atoms with van der Waals surface area (Å²) < 4.78 is 1.87. The van der Waals surface area contributed by atoms with Gasteiger partial charge < -0.3 is 10.0 Å². The normalized spacial score (nSPS) is 22.2. The molecule has 1 saturated heterocycles. The van der Waals surface area contributed by atoms with Gasteiger partial charge in [0.2, 0.25) is 5.91 Å². The first-order chi connectivity index (χ1) is 13.0. The Balaban J connectivity index is 1.52. The lowest BCUT2D eigenvalue weighted by Crippen LogP contribution is -2.31. The molecule has 1 N–H and O–H groups in total. The lowest BCUT2D eigenvalue weighted by molar-refractivity contribution is -0.142. The van der Waals surface area contributed by atoms with Crippen molar-refractivity contribution in [2.75, 3.05) is 13.1 Å². The van der Waals surface area contributed by atoms with E-state index >= 15 is 0 Å². The van der Waals surface area contributed by atoms with Gasteiger partial charge in [-0.25, -0.2) is 4.68 Å². The highest BCUT2D eigenvalue weighted by Crippen LogP contribution is 2.44. The van der Waals surface area contributed by atoms with E-state index in [1.165, 1.54) is 0 Å². The molecule has 0 spiro atoms. The molecule has 1 amide bonds. The second-order valence-corrected chi connectivity index (χ2v) is 7.82. The number of benzene rings is 1. The van der Waals surface area contributed by atoms with Crippen molar-refractivity contribution >= 4 is 11.9 Å². The topological polar surface area (TPSA) is 75.4 Å². The van der Waals surface area contributed by atoms with Gasteiger partial charge in [0.05, 0.1) is 23.7 Å². The smallest absolute Gasteiger partial charge is 0.308 e. The van der Waals surface area contributed by atoms with Crippen molar-refractivity contribution in [1.82, 2.24) is 14.7 Å². The zero-order valence-corrected chi connectivity index (χ0v) is 15.8. The number of carboxylic acid groups (broad SMARTS) is 1. The lowest BCUT2D eigenvalue weighted by Gasteiger charge is -2.16. The van der Waals surface area contributed by atoms with E-state index in [9.17, 15) is 14.7 Å². The van der Waals surface area contributed by atoms with Crippen molar-refractivity contribution < 1.29 is 14.7 Å². The third kappa shape index (κ3) is 3.36. The van der Waals surface area contributed by atoms with Gasteiger partial charge in [-0.15, -0.1) is 0 Å². The molecule has 2 atom stereocenters. The fourth-order valence-corrected chi connectivity index (χ4v) is 4.31. The van der Waals surface area contributed by atoms with Crippen molar-refractivity contribution in [3.63, 3.8) is 0 Å². The Morgan fingerprint density at radius 2 is 1.85 bits per heavy atom. The fraction of sp³-hybridized carbons (Fsp3) is 0.476. The van der Waals surface area contributed by atoms with Crippen LogP contribution in [-0.2, 0) is 16.0 Å². The number of carboxylic acids is 1. The molecule has 4 rings (SSSR count). The Labute approximate surface area is 158 Å². The highest BCUT2D eigenvalue weighted by Gasteiger charge is 2.46. The first kappa shape index (κ1) is 17.8. The number of carbonyl (C=O) groups excluding carboxylic acids is 1. The molecule has 0 unspecified atom stereocenters. The molecule has 1 aromatic heterocycles. The maximum Gasteiger partial charge on any atom is 0.308 e. The van der Waals surface area contributed by atoms with E-state index in [4.69, 9.17) is 0 Å². The molecule has 1 aliphatic carbocycles. The number of para-hydroxylation sites is 1. The Morgan fingerprint density at radius 3 is 2.48 bits per heavy atom. The summed E-state index contributed by atoms with van der Waals surface area (Å²) in [5.41, 5.74) is 3.71. The van der Waals surface area contributed by atoms with Gasteiger partial charge in [0.1, 0.15) is 0 Å². The Kier molecular flexibility index (Phi) is 4.50. The van der Waals surface area contributed by atoms with Crippen LogP contribution in [0.2, 0.25) is 0 Å². The first-order valence-corrected chi connectivity index (χ1v) is 9.56. The van der Waals surface area contributed by atoms with E-state index in [1.807, 2.05) is 48.9 Å². The number of aliphatic carboxylic acids is 1. The van der Waals surface area contributed by atoms with Crippen molar-refractivity contribution in [2.45, 2.75) is 33.1 Å². The Hall–Kier alpha value is -2.63. The molecular weight excluding hydrogens is 342 g/mol. The molecule has 6 nitrogen and oxygen atoms in total. The summed E-state index contributed by atoms with van der Waals surface area (Å²) in [6, 6.07) is 9.87. The van der Waals surface area contributed by atoms with Crippen LogP contribution >= 0.6 is 0 Å². The minimum Gasteiger partial charge on any atom is -0.481 e. The van der Waals surface area contributed by atoms with Crippen LogP contribution < -0.4 is 0 Å². The van der Waals surface area contributed by atoms with E-state index in [2.05, 4.69) is 5.10 Å². The van der Waals surface area contributed by atoms with Gasteiger partial charge in [-0.3, -0.25) is 9.59 Å². The van der Waals surface area contributed by atoms with Crippen molar-refractivity contribution in [3.8, 4) is 5.69 Å². The summed E-state index contributed by atoms with van der Waals surface area (Å²) in [4.78, 5) is 26.3. The van der Waals surface area contributed by atoms with Gasteiger partial charge in [-0.2, -0.15) is 5.10 Å². The number of amides is 1. The molecule has 0 bridgehead atoms. The van der Waals surface area contributed by atoms with Gasteiger partial charge in [0.15, 0.2) is 0 Å². The summed E-state index contributed by atoms with van der Waals surface area (Å²) in [6.45, 7) is 4.81. The predicted octanol–water partition coefficient (Wildman–Crippen LogP) is 2.60. The average molecular weight is 367 g/mol. The summed E-state index contributed by atoms with van der Waals surface area (Å²) in [6.07, 6.45) is 2.46. The van der Waals surface area contributed by atoms with Gasteiger partial charge in [0.25, 0.3) is 0 Å². The zero-order chi connectivity index (χ0) is 19.1. The van der Waals surface area contributed by atoms with Gasteiger partial charge >= 0.3 is 5.97 Å². The molecule has 0 radical (unpaired) electrons.